The molecule has 0 spiro atoms. The molecule has 0 unspecified atom stereocenters. The van der Waals surface area contributed by atoms with Crippen LogP contribution in [0.5, 0.6) is 16.6 Å². The second kappa shape index (κ2) is 6.20. The van der Waals surface area contributed by atoms with Crippen LogP contribution >= 0.6 is 11.3 Å². The lowest BCUT2D eigenvalue weighted by atomic mass is 10.3. The first-order valence-corrected chi connectivity index (χ1v) is 6.72. The van der Waals surface area contributed by atoms with E-state index in [1.54, 1.807) is 0 Å². The van der Waals surface area contributed by atoms with E-state index >= 15 is 0 Å². The highest BCUT2D eigenvalue weighted by molar-refractivity contribution is 7.17. The molecule has 0 bridgehead atoms. The van der Waals surface area contributed by atoms with E-state index in [2.05, 4.69) is 4.98 Å². The number of rotatable bonds is 6. The summed E-state index contributed by atoms with van der Waals surface area (Å²) in [4.78, 5) is 14.2. The molecule has 0 aliphatic rings. The van der Waals surface area contributed by atoms with Gasteiger partial charge in [-0.25, -0.2) is 4.98 Å². The summed E-state index contributed by atoms with van der Waals surface area (Å²) in [5, 5.41) is 11.7. The van der Waals surface area contributed by atoms with E-state index in [0.717, 1.165) is 6.42 Å². The zero-order chi connectivity index (χ0) is 14.5. The van der Waals surface area contributed by atoms with E-state index in [0.29, 0.717) is 28.3 Å². The lowest BCUT2D eigenvalue weighted by Gasteiger charge is -2.10. The number of anilines is 1. The Kier molecular flexibility index (Phi) is 4.36. The summed E-state index contributed by atoms with van der Waals surface area (Å²) in [7, 11) is 0. The number of benzene rings is 1. The standard InChI is InChI=1S/C12H13N3O4S/c1-2-5-18-10-6-8(15(16)17)3-4-9(10)19-11-7-14-12(13)20-11/h3-4,6-7H,2,5H2,1H3,(H2,13,14). The van der Waals surface area contributed by atoms with Gasteiger partial charge in [0, 0.05) is 6.07 Å². The Morgan fingerprint density at radius 2 is 2.25 bits per heavy atom. The first-order chi connectivity index (χ1) is 9.60. The highest BCUT2D eigenvalue weighted by atomic mass is 32.1. The third kappa shape index (κ3) is 3.35. The van der Waals surface area contributed by atoms with Crippen molar-refractivity contribution in [2.24, 2.45) is 0 Å². The molecule has 1 heterocycles. The van der Waals surface area contributed by atoms with Crippen LogP contribution in [0.3, 0.4) is 0 Å². The van der Waals surface area contributed by atoms with Crippen molar-refractivity contribution in [3.63, 3.8) is 0 Å². The van der Waals surface area contributed by atoms with Gasteiger partial charge in [-0.1, -0.05) is 18.3 Å². The molecule has 0 aliphatic heterocycles. The predicted octanol–water partition coefficient (Wildman–Crippen LogP) is 3.21. The third-order valence-electron chi connectivity index (χ3n) is 2.31. The maximum Gasteiger partial charge on any atom is 0.273 e. The molecular weight excluding hydrogens is 282 g/mol. The number of non-ortho nitro benzene ring substituents is 1. The number of hydrogen-bond donors (Lipinski definition) is 1. The van der Waals surface area contributed by atoms with Crippen molar-refractivity contribution in [3.05, 3.63) is 34.5 Å². The van der Waals surface area contributed by atoms with Crippen molar-refractivity contribution in [2.45, 2.75) is 13.3 Å². The molecule has 2 N–H and O–H groups in total. The van der Waals surface area contributed by atoms with E-state index in [1.807, 2.05) is 6.92 Å². The summed E-state index contributed by atoms with van der Waals surface area (Å²) in [5.74, 6) is 0.723. The van der Waals surface area contributed by atoms with Crippen molar-refractivity contribution in [3.8, 4) is 16.6 Å². The largest absolute Gasteiger partial charge is 0.489 e. The molecule has 0 saturated carbocycles. The molecule has 2 rings (SSSR count). The topological polar surface area (TPSA) is 101 Å². The molecule has 8 heteroatoms. The van der Waals surface area contributed by atoms with Gasteiger partial charge in [-0.2, -0.15) is 0 Å². The number of ether oxygens (including phenoxy) is 2. The van der Waals surface area contributed by atoms with Crippen LogP contribution in [0.1, 0.15) is 13.3 Å². The Hall–Kier alpha value is -2.35. The summed E-state index contributed by atoms with van der Waals surface area (Å²) < 4.78 is 11.1. The Morgan fingerprint density at radius 3 is 2.85 bits per heavy atom. The average molecular weight is 295 g/mol. The average Bonchev–Trinajstić information content (AvgIpc) is 2.82. The van der Waals surface area contributed by atoms with Gasteiger partial charge in [-0.15, -0.1) is 0 Å². The minimum absolute atomic E-state index is 0.0488. The first-order valence-electron chi connectivity index (χ1n) is 5.90. The van der Waals surface area contributed by atoms with Crippen molar-refractivity contribution in [1.82, 2.24) is 4.98 Å². The SMILES string of the molecule is CCCOc1cc([N+](=O)[O-])ccc1Oc1cnc(N)s1. The summed E-state index contributed by atoms with van der Waals surface area (Å²) in [6, 6.07) is 4.20. The normalized spacial score (nSPS) is 10.2. The van der Waals surface area contributed by atoms with Crippen molar-refractivity contribution in [1.29, 1.82) is 0 Å². The fourth-order valence-electron chi connectivity index (χ4n) is 1.45. The minimum atomic E-state index is -0.479. The summed E-state index contributed by atoms with van der Waals surface area (Å²) >= 11 is 1.18. The fraction of sp³-hybridized carbons (Fsp3) is 0.250. The number of nitro groups is 1. The van der Waals surface area contributed by atoms with E-state index in [9.17, 15) is 10.1 Å². The number of aromatic nitrogens is 1. The molecule has 7 nitrogen and oxygen atoms in total. The van der Waals surface area contributed by atoms with Gasteiger partial charge in [0.25, 0.3) is 5.69 Å². The maximum absolute atomic E-state index is 10.8. The molecule has 106 valence electrons. The number of nitrogen functional groups attached to an aromatic ring is 1. The summed E-state index contributed by atoms with van der Waals surface area (Å²) in [6.07, 6.45) is 2.28. The maximum atomic E-state index is 10.8. The number of thiazole rings is 1. The molecule has 2 aromatic rings. The number of nitrogens with zero attached hydrogens (tertiary/aromatic N) is 2. The van der Waals surface area contributed by atoms with Gasteiger partial charge in [0.1, 0.15) is 0 Å². The number of nitrogens with two attached hydrogens (primary N) is 1. The van der Waals surface area contributed by atoms with Crippen molar-refractivity contribution >= 4 is 22.2 Å². The van der Waals surface area contributed by atoms with Gasteiger partial charge >= 0.3 is 0 Å². The lowest BCUT2D eigenvalue weighted by Crippen LogP contribution is -1.98. The number of hydrogen-bond acceptors (Lipinski definition) is 7. The van der Waals surface area contributed by atoms with Gasteiger partial charge in [0.2, 0.25) is 5.06 Å². The Balaban J connectivity index is 2.27. The molecule has 0 amide bonds. The van der Waals surface area contributed by atoms with Crippen LogP contribution < -0.4 is 15.2 Å². The van der Waals surface area contributed by atoms with E-state index in [4.69, 9.17) is 15.2 Å². The molecule has 1 aromatic carbocycles. The smallest absolute Gasteiger partial charge is 0.273 e. The molecule has 0 radical (unpaired) electrons. The second-order valence-electron chi connectivity index (χ2n) is 3.86. The predicted molar refractivity (Wildman–Crippen MR) is 75.5 cm³/mol. The summed E-state index contributed by atoms with van der Waals surface area (Å²) in [5.41, 5.74) is 5.47. The van der Waals surface area contributed by atoms with Crippen LogP contribution in [-0.4, -0.2) is 16.5 Å². The van der Waals surface area contributed by atoms with Gasteiger partial charge in [0.05, 0.1) is 23.8 Å². The molecule has 0 fully saturated rings. The fourth-order valence-corrected chi connectivity index (χ4v) is 2.00. The zero-order valence-corrected chi connectivity index (χ0v) is 11.6. The first kappa shape index (κ1) is 14.1. The van der Waals surface area contributed by atoms with Crippen LogP contribution in [0.15, 0.2) is 24.4 Å². The van der Waals surface area contributed by atoms with Gasteiger partial charge in [-0.05, 0) is 12.5 Å². The Bertz CT molecular complexity index is 614. The third-order valence-corrected chi connectivity index (χ3v) is 3.02. The van der Waals surface area contributed by atoms with Crippen LogP contribution in [0.4, 0.5) is 10.8 Å². The number of nitro benzene ring substituents is 1. The summed E-state index contributed by atoms with van der Waals surface area (Å²) in [6.45, 7) is 2.39. The van der Waals surface area contributed by atoms with Gasteiger partial charge in [-0.3, -0.25) is 10.1 Å². The second-order valence-corrected chi connectivity index (χ2v) is 4.88. The monoisotopic (exact) mass is 295 g/mol. The molecular formula is C12H13N3O4S. The van der Waals surface area contributed by atoms with E-state index < -0.39 is 4.92 Å². The van der Waals surface area contributed by atoms with E-state index in [-0.39, 0.29) is 5.69 Å². The van der Waals surface area contributed by atoms with Crippen LogP contribution in [0, 0.1) is 10.1 Å². The Labute approximate surface area is 119 Å². The van der Waals surface area contributed by atoms with Gasteiger partial charge in [0.15, 0.2) is 16.6 Å². The molecule has 20 heavy (non-hydrogen) atoms. The molecule has 0 aliphatic carbocycles. The highest BCUT2D eigenvalue weighted by Gasteiger charge is 2.14. The zero-order valence-electron chi connectivity index (χ0n) is 10.7. The van der Waals surface area contributed by atoms with Crippen LogP contribution in [0.2, 0.25) is 0 Å². The quantitative estimate of drug-likeness (QED) is 0.648. The van der Waals surface area contributed by atoms with E-state index in [1.165, 1.54) is 35.7 Å². The Morgan fingerprint density at radius 1 is 1.45 bits per heavy atom. The van der Waals surface area contributed by atoms with Crippen molar-refractivity contribution in [2.75, 3.05) is 12.3 Å². The van der Waals surface area contributed by atoms with Gasteiger partial charge < -0.3 is 15.2 Å². The molecule has 0 atom stereocenters. The highest BCUT2D eigenvalue weighted by Crippen LogP contribution is 2.37. The lowest BCUT2D eigenvalue weighted by molar-refractivity contribution is -0.385. The van der Waals surface area contributed by atoms with Crippen LogP contribution in [-0.2, 0) is 0 Å². The van der Waals surface area contributed by atoms with Crippen LogP contribution in [0.25, 0.3) is 0 Å². The van der Waals surface area contributed by atoms with Crippen molar-refractivity contribution < 1.29 is 14.4 Å². The molecule has 0 saturated heterocycles. The minimum Gasteiger partial charge on any atom is -0.489 e. The molecule has 1 aromatic heterocycles.